The van der Waals surface area contributed by atoms with Crippen LogP contribution in [0.25, 0.3) is 0 Å². The van der Waals surface area contributed by atoms with E-state index in [0.29, 0.717) is 17.6 Å². The molecule has 0 aromatic heterocycles. The van der Waals surface area contributed by atoms with Gasteiger partial charge >= 0.3 is 0 Å². The summed E-state index contributed by atoms with van der Waals surface area (Å²) in [5.74, 6) is 3.24. The van der Waals surface area contributed by atoms with Crippen molar-refractivity contribution in [3.63, 3.8) is 0 Å². The van der Waals surface area contributed by atoms with E-state index < -0.39 is 0 Å². The summed E-state index contributed by atoms with van der Waals surface area (Å²) in [7, 11) is 0. The Balaban J connectivity index is 1.89. The molecule has 2 aliphatic carbocycles. The first-order valence-corrected chi connectivity index (χ1v) is 5.58. The van der Waals surface area contributed by atoms with Crippen LogP contribution >= 0.6 is 0 Å². The van der Waals surface area contributed by atoms with Crippen LogP contribution in [0.4, 0.5) is 0 Å². The molecule has 2 heteroatoms. The maximum absolute atomic E-state index is 9.01. The minimum Gasteiger partial charge on any atom is -0.488 e. The third-order valence-electron chi connectivity index (χ3n) is 4.17. The molecule has 0 N–H and O–H groups in total. The summed E-state index contributed by atoms with van der Waals surface area (Å²) in [5, 5.41) is 9.01. The Labute approximate surface area is 88.5 Å². The number of nitrogens with zero attached hydrogens (tertiary/aromatic N) is 1. The van der Waals surface area contributed by atoms with E-state index in [-0.39, 0.29) is 0 Å². The molecule has 0 radical (unpaired) electrons. The van der Waals surface area contributed by atoms with Crippen molar-refractivity contribution in [1.29, 1.82) is 5.26 Å². The second-order valence-electron chi connectivity index (χ2n) is 4.91. The number of benzene rings is 1. The number of nitriles is 1. The zero-order valence-electron chi connectivity index (χ0n) is 8.31. The highest BCUT2D eigenvalue weighted by atomic mass is 16.5. The molecule has 0 amide bonds. The lowest BCUT2D eigenvalue weighted by Gasteiger charge is -2.11. The second kappa shape index (κ2) is 2.36. The predicted molar refractivity (Wildman–Crippen MR) is 54.5 cm³/mol. The highest BCUT2D eigenvalue weighted by Crippen LogP contribution is 2.64. The van der Waals surface area contributed by atoms with Crippen LogP contribution in [0, 0.1) is 23.2 Å². The third kappa shape index (κ3) is 0.842. The van der Waals surface area contributed by atoms with Gasteiger partial charge in [-0.05, 0) is 30.7 Å². The van der Waals surface area contributed by atoms with Crippen molar-refractivity contribution in [2.75, 3.05) is 0 Å². The van der Waals surface area contributed by atoms with Crippen molar-refractivity contribution >= 4 is 0 Å². The van der Waals surface area contributed by atoms with Crippen LogP contribution in [-0.4, -0.2) is 6.10 Å². The van der Waals surface area contributed by atoms with Crippen LogP contribution in [0.1, 0.15) is 29.9 Å². The Bertz CT molecular complexity index is 488. The molecule has 1 aromatic rings. The Morgan fingerprint density at radius 2 is 2.27 bits per heavy atom. The van der Waals surface area contributed by atoms with Gasteiger partial charge in [-0.15, -0.1) is 0 Å². The number of ether oxygens (including phenoxy) is 1. The molecule has 0 spiro atoms. The van der Waals surface area contributed by atoms with Crippen LogP contribution < -0.4 is 4.74 Å². The minimum absolute atomic E-state index is 0.373. The molecule has 1 aromatic carbocycles. The van der Waals surface area contributed by atoms with Crippen molar-refractivity contribution in [3.8, 4) is 11.8 Å². The molecule has 0 saturated heterocycles. The van der Waals surface area contributed by atoms with Crippen molar-refractivity contribution in [1.82, 2.24) is 0 Å². The number of rotatable bonds is 0. The SMILES string of the molecule is N#Cc1cccc2c1OC1CC3CC3C21. The number of hydrogen-bond donors (Lipinski definition) is 0. The van der Waals surface area contributed by atoms with Gasteiger partial charge in [0.15, 0.2) is 0 Å². The highest BCUT2D eigenvalue weighted by molar-refractivity contribution is 5.54. The summed E-state index contributed by atoms with van der Waals surface area (Å²) in [6.07, 6.45) is 2.95. The normalized spacial score (nSPS) is 38.6. The zero-order valence-corrected chi connectivity index (χ0v) is 8.31. The van der Waals surface area contributed by atoms with E-state index >= 15 is 0 Å². The average Bonchev–Trinajstić information content (AvgIpc) is 2.77. The first-order valence-electron chi connectivity index (χ1n) is 5.58. The molecule has 2 saturated carbocycles. The minimum atomic E-state index is 0.373. The van der Waals surface area contributed by atoms with Gasteiger partial charge in [-0.1, -0.05) is 12.1 Å². The first kappa shape index (κ1) is 7.76. The smallest absolute Gasteiger partial charge is 0.141 e. The molecule has 15 heavy (non-hydrogen) atoms. The van der Waals surface area contributed by atoms with Crippen LogP contribution in [0.5, 0.6) is 5.75 Å². The molecule has 3 aliphatic rings. The van der Waals surface area contributed by atoms with Crippen molar-refractivity contribution in [2.45, 2.75) is 24.9 Å². The van der Waals surface area contributed by atoms with E-state index in [1.165, 1.54) is 18.4 Å². The third-order valence-corrected chi connectivity index (χ3v) is 4.17. The molecule has 4 rings (SSSR count). The number of hydrogen-bond acceptors (Lipinski definition) is 2. The lowest BCUT2D eigenvalue weighted by atomic mass is 9.93. The molecular formula is C13H11NO. The molecule has 0 bridgehead atoms. The van der Waals surface area contributed by atoms with Crippen LogP contribution in [0.2, 0.25) is 0 Å². The molecule has 74 valence electrons. The highest BCUT2D eigenvalue weighted by Gasteiger charge is 2.58. The fourth-order valence-corrected chi connectivity index (χ4v) is 3.44. The standard InChI is InChI=1S/C13H11NO/c14-6-7-2-1-3-9-12-10-4-8(10)5-11(12)15-13(7)9/h1-3,8,10-12H,4-5H2. The summed E-state index contributed by atoms with van der Waals surface area (Å²) in [6.45, 7) is 0. The first-order chi connectivity index (χ1) is 7.38. The van der Waals surface area contributed by atoms with E-state index in [1.807, 2.05) is 12.1 Å². The summed E-state index contributed by atoms with van der Waals surface area (Å²) in [5.41, 5.74) is 2.00. The summed E-state index contributed by atoms with van der Waals surface area (Å²) in [4.78, 5) is 0. The van der Waals surface area contributed by atoms with Crippen LogP contribution in [0.3, 0.4) is 0 Å². The van der Waals surface area contributed by atoms with Gasteiger partial charge in [0.25, 0.3) is 0 Å². The van der Waals surface area contributed by atoms with Gasteiger partial charge in [0, 0.05) is 11.5 Å². The van der Waals surface area contributed by atoms with Crippen LogP contribution in [-0.2, 0) is 0 Å². The largest absolute Gasteiger partial charge is 0.488 e. The van der Waals surface area contributed by atoms with E-state index in [4.69, 9.17) is 10.00 Å². The summed E-state index contributed by atoms with van der Waals surface area (Å²) >= 11 is 0. The molecule has 2 nitrogen and oxygen atoms in total. The van der Waals surface area contributed by atoms with Gasteiger partial charge in [-0.25, -0.2) is 0 Å². The Kier molecular flexibility index (Phi) is 1.22. The maximum Gasteiger partial charge on any atom is 0.141 e. The Morgan fingerprint density at radius 3 is 3.13 bits per heavy atom. The van der Waals surface area contributed by atoms with Gasteiger partial charge < -0.3 is 4.74 Å². The Morgan fingerprint density at radius 1 is 1.33 bits per heavy atom. The fraction of sp³-hybridized carbons (Fsp3) is 0.462. The second-order valence-corrected chi connectivity index (χ2v) is 4.91. The zero-order chi connectivity index (χ0) is 9.99. The van der Waals surface area contributed by atoms with Crippen molar-refractivity contribution < 1.29 is 4.74 Å². The number of para-hydroxylation sites is 1. The van der Waals surface area contributed by atoms with Gasteiger partial charge in [-0.3, -0.25) is 0 Å². The Hall–Kier alpha value is -1.49. The molecule has 4 unspecified atom stereocenters. The van der Waals surface area contributed by atoms with E-state index in [0.717, 1.165) is 17.6 Å². The van der Waals surface area contributed by atoms with Gasteiger partial charge in [-0.2, -0.15) is 5.26 Å². The van der Waals surface area contributed by atoms with Crippen molar-refractivity contribution in [3.05, 3.63) is 29.3 Å². The summed E-state index contributed by atoms with van der Waals surface area (Å²) < 4.78 is 5.93. The topological polar surface area (TPSA) is 33.0 Å². The van der Waals surface area contributed by atoms with Crippen LogP contribution in [0.15, 0.2) is 18.2 Å². The molecular weight excluding hydrogens is 186 g/mol. The average molecular weight is 197 g/mol. The maximum atomic E-state index is 9.01. The quantitative estimate of drug-likeness (QED) is 0.640. The molecule has 2 fully saturated rings. The molecule has 1 heterocycles. The van der Waals surface area contributed by atoms with E-state index in [1.54, 1.807) is 0 Å². The van der Waals surface area contributed by atoms with Gasteiger partial charge in [0.2, 0.25) is 0 Å². The van der Waals surface area contributed by atoms with Gasteiger partial charge in [0.1, 0.15) is 17.9 Å². The predicted octanol–water partition coefficient (Wildman–Crippen LogP) is 2.44. The fourth-order valence-electron chi connectivity index (χ4n) is 3.44. The van der Waals surface area contributed by atoms with E-state index in [2.05, 4.69) is 12.1 Å². The lowest BCUT2D eigenvalue weighted by Crippen LogP contribution is -2.15. The monoisotopic (exact) mass is 197 g/mol. The molecule has 1 aliphatic heterocycles. The van der Waals surface area contributed by atoms with Gasteiger partial charge in [0.05, 0.1) is 5.56 Å². The molecule has 4 atom stereocenters. The number of fused-ring (bicyclic) bond motifs is 5. The lowest BCUT2D eigenvalue weighted by molar-refractivity contribution is 0.208. The van der Waals surface area contributed by atoms with E-state index in [9.17, 15) is 0 Å². The summed E-state index contributed by atoms with van der Waals surface area (Å²) in [6, 6.07) is 8.20. The van der Waals surface area contributed by atoms with Crippen molar-refractivity contribution in [2.24, 2.45) is 11.8 Å².